The number of ether oxygens (including phenoxy) is 1. The molecule has 0 unspecified atom stereocenters. The number of aromatic nitrogens is 2. The fraction of sp³-hybridized carbons (Fsp3) is 0.0833. The van der Waals surface area contributed by atoms with E-state index in [2.05, 4.69) is 15.0 Å². The van der Waals surface area contributed by atoms with Gasteiger partial charge >= 0.3 is 0 Å². The van der Waals surface area contributed by atoms with Gasteiger partial charge in [0, 0.05) is 12.3 Å². The lowest BCUT2D eigenvalue weighted by atomic mass is 10.2. The van der Waals surface area contributed by atoms with Crippen molar-refractivity contribution in [2.45, 2.75) is 0 Å². The van der Waals surface area contributed by atoms with Crippen molar-refractivity contribution in [3.8, 4) is 11.6 Å². The minimum Gasteiger partial charge on any atom is -0.508 e. The molecule has 0 aliphatic carbocycles. The maximum absolute atomic E-state index is 9.14. The molecule has 6 heteroatoms. The molecule has 0 fully saturated rings. The van der Waals surface area contributed by atoms with Crippen molar-refractivity contribution in [2.24, 2.45) is 4.99 Å². The highest BCUT2D eigenvalue weighted by atomic mass is 35.5. The third kappa shape index (κ3) is 3.18. The monoisotopic (exact) mass is 263 g/mol. The second-order valence-corrected chi connectivity index (χ2v) is 3.77. The van der Waals surface area contributed by atoms with E-state index in [9.17, 15) is 0 Å². The molecule has 92 valence electrons. The minimum atomic E-state index is 0.202. The number of aliphatic imine (C=N–C) groups is 1. The van der Waals surface area contributed by atoms with Crippen LogP contribution in [0.2, 0.25) is 5.15 Å². The van der Waals surface area contributed by atoms with Gasteiger partial charge in [0.15, 0.2) is 0 Å². The number of hydrogen-bond acceptors (Lipinski definition) is 5. The molecule has 1 aromatic carbocycles. The van der Waals surface area contributed by atoms with Gasteiger partial charge in [-0.1, -0.05) is 11.6 Å². The first-order valence-electron chi connectivity index (χ1n) is 5.09. The van der Waals surface area contributed by atoms with Crippen LogP contribution in [0.15, 0.2) is 35.3 Å². The number of nitrogens with zero attached hydrogens (tertiary/aromatic N) is 3. The van der Waals surface area contributed by atoms with Gasteiger partial charge in [0.1, 0.15) is 10.9 Å². The van der Waals surface area contributed by atoms with Crippen molar-refractivity contribution < 1.29 is 9.84 Å². The Kier molecular flexibility index (Phi) is 3.74. The Labute approximate surface area is 109 Å². The molecule has 0 saturated carbocycles. The van der Waals surface area contributed by atoms with E-state index < -0.39 is 0 Å². The minimum absolute atomic E-state index is 0.202. The second-order valence-electron chi connectivity index (χ2n) is 3.38. The standard InChI is InChI=1S/C12H10ClN3O2/c1-18-11-6-10(13)15-12(16-11)14-7-8-2-4-9(17)5-3-8/h2-7,17H,1H3/b14-7+. The maximum Gasteiger partial charge on any atom is 0.254 e. The van der Waals surface area contributed by atoms with Crippen LogP contribution in [0.1, 0.15) is 5.56 Å². The molecule has 2 aromatic rings. The van der Waals surface area contributed by atoms with Crippen LogP contribution in [0, 0.1) is 0 Å². The van der Waals surface area contributed by atoms with Crippen molar-refractivity contribution in [1.82, 2.24) is 9.97 Å². The first-order chi connectivity index (χ1) is 8.67. The number of halogens is 1. The first kappa shape index (κ1) is 12.3. The van der Waals surface area contributed by atoms with E-state index in [-0.39, 0.29) is 16.9 Å². The summed E-state index contributed by atoms with van der Waals surface area (Å²) in [5.74, 6) is 0.771. The summed E-state index contributed by atoms with van der Waals surface area (Å²) in [5, 5.41) is 9.41. The normalized spacial score (nSPS) is 10.8. The lowest BCUT2D eigenvalue weighted by molar-refractivity contribution is 0.397. The molecular weight excluding hydrogens is 254 g/mol. The Bertz CT molecular complexity index is 570. The molecule has 1 heterocycles. The SMILES string of the molecule is COc1cc(Cl)nc(/N=C/c2ccc(O)cc2)n1. The van der Waals surface area contributed by atoms with Gasteiger partial charge in [-0.3, -0.25) is 0 Å². The van der Waals surface area contributed by atoms with Crippen LogP contribution in [0.3, 0.4) is 0 Å². The summed E-state index contributed by atoms with van der Waals surface area (Å²) in [6.07, 6.45) is 1.57. The number of benzene rings is 1. The number of phenolic OH excluding ortho intramolecular Hbond substituents is 1. The second kappa shape index (κ2) is 5.46. The Morgan fingerprint density at radius 2 is 2.00 bits per heavy atom. The summed E-state index contributed by atoms with van der Waals surface area (Å²) in [6, 6.07) is 8.09. The van der Waals surface area contributed by atoms with E-state index >= 15 is 0 Å². The van der Waals surface area contributed by atoms with E-state index in [0.717, 1.165) is 5.56 Å². The molecule has 2 rings (SSSR count). The molecule has 0 radical (unpaired) electrons. The highest BCUT2D eigenvalue weighted by Gasteiger charge is 2.01. The molecule has 0 saturated heterocycles. The zero-order valence-electron chi connectivity index (χ0n) is 9.54. The van der Waals surface area contributed by atoms with Crippen LogP contribution in [0.4, 0.5) is 5.95 Å². The predicted octanol–water partition coefficient (Wildman–Crippen LogP) is 2.59. The van der Waals surface area contributed by atoms with Crippen LogP contribution in [-0.2, 0) is 0 Å². The molecule has 1 N–H and O–H groups in total. The molecule has 1 aromatic heterocycles. The highest BCUT2D eigenvalue weighted by Crippen LogP contribution is 2.17. The van der Waals surface area contributed by atoms with E-state index in [1.807, 2.05) is 0 Å². The number of hydrogen-bond donors (Lipinski definition) is 1. The van der Waals surface area contributed by atoms with Gasteiger partial charge in [0.05, 0.1) is 7.11 Å². The first-order valence-corrected chi connectivity index (χ1v) is 5.47. The van der Waals surface area contributed by atoms with Gasteiger partial charge < -0.3 is 9.84 Å². The van der Waals surface area contributed by atoms with Crippen LogP contribution in [-0.4, -0.2) is 28.4 Å². The van der Waals surface area contributed by atoms with Gasteiger partial charge in [0.25, 0.3) is 5.95 Å². The van der Waals surface area contributed by atoms with Crippen molar-refractivity contribution >= 4 is 23.8 Å². The van der Waals surface area contributed by atoms with Crippen molar-refractivity contribution in [3.05, 3.63) is 41.0 Å². The third-order valence-electron chi connectivity index (χ3n) is 2.09. The van der Waals surface area contributed by atoms with Gasteiger partial charge in [-0.2, -0.15) is 9.97 Å². The fourth-order valence-corrected chi connectivity index (χ4v) is 1.41. The molecule has 0 aliphatic rings. The molecule has 5 nitrogen and oxygen atoms in total. The van der Waals surface area contributed by atoms with Gasteiger partial charge in [-0.25, -0.2) is 4.99 Å². The molecule has 0 aliphatic heterocycles. The predicted molar refractivity (Wildman–Crippen MR) is 69.0 cm³/mol. The zero-order valence-corrected chi connectivity index (χ0v) is 10.3. The number of rotatable bonds is 3. The van der Waals surface area contributed by atoms with Gasteiger partial charge in [0.2, 0.25) is 5.88 Å². The van der Waals surface area contributed by atoms with Crippen LogP contribution in [0.5, 0.6) is 11.6 Å². The summed E-state index contributed by atoms with van der Waals surface area (Å²) in [6.45, 7) is 0. The molecule has 0 amide bonds. The lowest BCUT2D eigenvalue weighted by Crippen LogP contribution is -1.90. The summed E-state index contributed by atoms with van der Waals surface area (Å²) >= 11 is 5.79. The molecule has 18 heavy (non-hydrogen) atoms. The third-order valence-corrected chi connectivity index (χ3v) is 2.28. The van der Waals surface area contributed by atoms with Gasteiger partial charge in [-0.05, 0) is 29.8 Å². The van der Waals surface area contributed by atoms with Crippen LogP contribution < -0.4 is 4.74 Å². The highest BCUT2D eigenvalue weighted by molar-refractivity contribution is 6.29. The summed E-state index contributed by atoms with van der Waals surface area (Å²) in [4.78, 5) is 12.0. The van der Waals surface area contributed by atoms with E-state index in [1.165, 1.54) is 13.2 Å². The van der Waals surface area contributed by atoms with Crippen molar-refractivity contribution in [1.29, 1.82) is 0 Å². The average Bonchev–Trinajstić information content (AvgIpc) is 2.37. The smallest absolute Gasteiger partial charge is 0.254 e. The molecular formula is C12H10ClN3O2. The topological polar surface area (TPSA) is 67.6 Å². The lowest BCUT2D eigenvalue weighted by Gasteiger charge is -1.99. The number of phenols is 1. The Hall–Kier alpha value is -2.14. The summed E-state index contributed by atoms with van der Waals surface area (Å²) in [5.41, 5.74) is 0.815. The fourth-order valence-electron chi connectivity index (χ4n) is 1.24. The summed E-state index contributed by atoms with van der Waals surface area (Å²) < 4.78 is 4.96. The Morgan fingerprint density at radius 3 is 2.67 bits per heavy atom. The zero-order chi connectivity index (χ0) is 13.0. The van der Waals surface area contributed by atoms with Crippen molar-refractivity contribution in [2.75, 3.05) is 7.11 Å². The maximum atomic E-state index is 9.14. The van der Waals surface area contributed by atoms with E-state index in [4.69, 9.17) is 21.4 Å². The molecule has 0 bridgehead atoms. The number of aromatic hydroxyl groups is 1. The molecule has 0 atom stereocenters. The van der Waals surface area contributed by atoms with Crippen LogP contribution in [0.25, 0.3) is 0 Å². The van der Waals surface area contributed by atoms with Crippen molar-refractivity contribution in [3.63, 3.8) is 0 Å². The van der Waals surface area contributed by atoms with E-state index in [1.54, 1.807) is 30.5 Å². The number of methoxy groups -OCH3 is 1. The Balaban J connectivity index is 2.22. The molecule has 0 spiro atoms. The summed E-state index contributed by atoms with van der Waals surface area (Å²) in [7, 11) is 1.49. The van der Waals surface area contributed by atoms with Crippen LogP contribution >= 0.6 is 11.6 Å². The van der Waals surface area contributed by atoms with E-state index in [0.29, 0.717) is 5.88 Å². The quantitative estimate of drug-likeness (QED) is 0.683. The van der Waals surface area contributed by atoms with Gasteiger partial charge in [-0.15, -0.1) is 0 Å². The Morgan fingerprint density at radius 1 is 1.28 bits per heavy atom. The largest absolute Gasteiger partial charge is 0.508 e. The average molecular weight is 264 g/mol.